The van der Waals surface area contributed by atoms with E-state index in [9.17, 15) is 9.18 Å². The van der Waals surface area contributed by atoms with Crippen LogP contribution in [0.4, 0.5) is 10.1 Å². The lowest BCUT2D eigenvalue weighted by Crippen LogP contribution is -2.58. The molecule has 1 atom stereocenters. The number of nitrogens with one attached hydrogen (secondary N) is 1. The Morgan fingerprint density at radius 3 is 2.94 bits per heavy atom. The Kier molecular flexibility index (Phi) is 3.93. The van der Waals surface area contributed by atoms with Gasteiger partial charge < -0.3 is 15.1 Å². The maximum atomic E-state index is 13.2. The molecule has 98 valence electrons. The Hall–Kier alpha value is -1.46. The standard InChI is InChI=1S/C13H18FN3O/c1-16(2)9-12-13(18)17(7-6-15-12)11-5-3-4-10(14)8-11/h3-5,8,12,15H,6-7,9H2,1-2H3. The number of likely N-dealkylation sites (N-methyl/N-ethyl adjacent to an activating group) is 1. The Morgan fingerprint density at radius 1 is 1.50 bits per heavy atom. The number of hydrogen-bond donors (Lipinski definition) is 1. The van der Waals surface area contributed by atoms with E-state index in [1.807, 2.05) is 19.0 Å². The smallest absolute Gasteiger partial charge is 0.245 e. The van der Waals surface area contributed by atoms with Gasteiger partial charge in [0.1, 0.15) is 11.9 Å². The first-order valence-corrected chi connectivity index (χ1v) is 6.03. The van der Waals surface area contributed by atoms with Crippen LogP contribution in [0.5, 0.6) is 0 Å². The van der Waals surface area contributed by atoms with Crippen LogP contribution in [0.3, 0.4) is 0 Å². The third-order valence-corrected chi connectivity index (χ3v) is 2.96. The summed E-state index contributed by atoms with van der Waals surface area (Å²) >= 11 is 0. The van der Waals surface area contributed by atoms with E-state index in [0.717, 1.165) is 6.54 Å². The molecule has 1 N–H and O–H groups in total. The van der Waals surface area contributed by atoms with Gasteiger partial charge in [-0.3, -0.25) is 4.79 Å². The number of rotatable bonds is 3. The molecular formula is C13H18FN3O. The summed E-state index contributed by atoms with van der Waals surface area (Å²) in [6.45, 7) is 1.94. The van der Waals surface area contributed by atoms with Gasteiger partial charge in [0.05, 0.1) is 0 Å². The van der Waals surface area contributed by atoms with E-state index in [-0.39, 0.29) is 17.8 Å². The lowest BCUT2D eigenvalue weighted by atomic mass is 10.1. The largest absolute Gasteiger partial charge is 0.310 e. The van der Waals surface area contributed by atoms with E-state index in [4.69, 9.17) is 0 Å². The molecule has 0 aliphatic carbocycles. The van der Waals surface area contributed by atoms with Crippen molar-refractivity contribution in [2.75, 3.05) is 38.6 Å². The van der Waals surface area contributed by atoms with E-state index < -0.39 is 0 Å². The molecule has 5 heteroatoms. The SMILES string of the molecule is CN(C)CC1NCCN(c2cccc(F)c2)C1=O. The summed E-state index contributed by atoms with van der Waals surface area (Å²) in [7, 11) is 3.85. The summed E-state index contributed by atoms with van der Waals surface area (Å²) in [4.78, 5) is 15.9. The van der Waals surface area contributed by atoms with Gasteiger partial charge in [-0.1, -0.05) is 6.07 Å². The van der Waals surface area contributed by atoms with Gasteiger partial charge in [-0.15, -0.1) is 0 Å². The fraction of sp³-hybridized carbons (Fsp3) is 0.462. The Morgan fingerprint density at radius 2 is 2.28 bits per heavy atom. The molecule has 18 heavy (non-hydrogen) atoms. The van der Waals surface area contributed by atoms with Crippen LogP contribution in [0.25, 0.3) is 0 Å². The topological polar surface area (TPSA) is 35.6 Å². The van der Waals surface area contributed by atoms with Crippen molar-refractivity contribution >= 4 is 11.6 Å². The molecule has 0 saturated carbocycles. The number of hydrogen-bond acceptors (Lipinski definition) is 3. The number of carbonyl (C=O) groups excluding carboxylic acids is 1. The van der Waals surface area contributed by atoms with Crippen molar-refractivity contribution in [3.8, 4) is 0 Å². The molecule has 0 radical (unpaired) electrons. The zero-order chi connectivity index (χ0) is 13.1. The predicted molar refractivity (Wildman–Crippen MR) is 69.1 cm³/mol. The quantitative estimate of drug-likeness (QED) is 0.858. The second kappa shape index (κ2) is 5.46. The van der Waals surface area contributed by atoms with Gasteiger partial charge in [-0.25, -0.2) is 4.39 Å². The molecular weight excluding hydrogens is 233 g/mol. The van der Waals surface area contributed by atoms with Crippen molar-refractivity contribution in [3.05, 3.63) is 30.1 Å². The molecule has 0 aromatic heterocycles. The van der Waals surface area contributed by atoms with Crippen LogP contribution in [0.15, 0.2) is 24.3 Å². The zero-order valence-corrected chi connectivity index (χ0v) is 10.7. The van der Waals surface area contributed by atoms with E-state index in [0.29, 0.717) is 18.8 Å². The third-order valence-electron chi connectivity index (χ3n) is 2.96. The number of amides is 1. The number of halogens is 1. The molecule has 1 aromatic carbocycles. The van der Waals surface area contributed by atoms with E-state index in [1.165, 1.54) is 12.1 Å². The number of carbonyl (C=O) groups is 1. The second-order valence-corrected chi connectivity index (χ2v) is 4.74. The summed E-state index contributed by atoms with van der Waals surface area (Å²) in [5, 5.41) is 3.19. The molecule has 4 nitrogen and oxygen atoms in total. The zero-order valence-electron chi connectivity index (χ0n) is 10.7. The van der Waals surface area contributed by atoms with Crippen molar-refractivity contribution < 1.29 is 9.18 Å². The highest BCUT2D eigenvalue weighted by molar-refractivity contribution is 5.98. The number of anilines is 1. The maximum Gasteiger partial charge on any atom is 0.245 e. The minimum atomic E-state index is -0.317. The van der Waals surface area contributed by atoms with Crippen molar-refractivity contribution in [2.24, 2.45) is 0 Å². The van der Waals surface area contributed by atoms with Gasteiger partial charge >= 0.3 is 0 Å². The molecule has 0 spiro atoms. The highest BCUT2D eigenvalue weighted by Gasteiger charge is 2.29. The van der Waals surface area contributed by atoms with Crippen LogP contribution >= 0.6 is 0 Å². The Labute approximate surface area is 106 Å². The van der Waals surface area contributed by atoms with Crippen LogP contribution in [-0.4, -0.2) is 50.6 Å². The van der Waals surface area contributed by atoms with Crippen LogP contribution in [-0.2, 0) is 4.79 Å². The van der Waals surface area contributed by atoms with Crippen molar-refractivity contribution in [1.82, 2.24) is 10.2 Å². The van der Waals surface area contributed by atoms with Gasteiger partial charge in [0.25, 0.3) is 0 Å². The molecule has 1 unspecified atom stereocenters. The summed E-state index contributed by atoms with van der Waals surface area (Å²) in [5.74, 6) is -0.316. The molecule has 1 saturated heterocycles. The van der Waals surface area contributed by atoms with Gasteiger partial charge in [-0.2, -0.15) is 0 Å². The molecule has 1 amide bonds. The molecule has 1 aliphatic heterocycles. The first kappa shape index (κ1) is 13.0. The Balaban J connectivity index is 2.16. The average molecular weight is 251 g/mol. The van der Waals surface area contributed by atoms with Crippen molar-refractivity contribution in [3.63, 3.8) is 0 Å². The highest BCUT2D eigenvalue weighted by atomic mass is 19.1. The minimum Gasteiger partial charge on any atom is -0.310 e. The normalized spacial score (nSPS) is 20.6. The second-order valence-electron chi connectivity index (χ2n) is 4.74. The molecule has 1 fully saturated rings. The predicted octanol–water partition coefficient (Wildman–Crippen LogP) is 0.692. The number of piperazine rings is 1. The molecule has 1 aromatic rings. The highest BCUT2D eigenvalue weighted by Crippen LogP contribution is 2.18. The third kappa shape index (κ3) is 2.86. The van der Waals surface area contributed by atoms with Gasteiger partial charge in [0.15, 0.2) is 0 Å². The van der Waals surface area contributed by atoms with Crippen LogP contribution in [0, 0.1) is 5.82 Å². The first-order valence-electron chi connectivity index (χ1n) is 6.03. The van der Waals surface area contributed by atoms with Crippen molar-refractivity contribution in [2.45, 2.75) is 6.04 Å². The molecule has 1 heterocycles. The van der Waals surface area contributed by atoms with Crippen LogP contribution < -0.4 is 10.2 Å². The summed E-state index contributed by atoms with van der Waals surface area (Å²) in [5.41, 5.74) is 0.630. The average Bonchev–Trinajstić information content (AvgIpc) is 2.31. The fourth-order valence-corrected chi connectivity index (χ4v) is 2.14. The lowest BCUT2D eigenvalue weighted by Gasteiger charge is -2.34. The monoisotopic (exact) mass is 251 g/mol. The minimum absolute atomic E-state index is 0.000509. The Bertz CT molecular complexity index is 436. The van der Waals surface area contributed by atoms with E-state index >= 15 is 0 Å². The summed E-state index contributed by atoms with van der Waals surface area (Å²) in [6, 6.07) is 5.95. The van der Waals surface area contributed by atoms with Gasteiger partial charge in [0, 0.05) is 25.3 Å². The lowest BCUT2D eigenvalue weighted by molar-refractivity contribution is -0.121. The number of nitrogens with zero attached hydrogens (tertiary/aromatic N) is 2. The van der Waals surface area contributed by atoms with Gasteiger partial charge in [-0.05, 0) is 32.3 Å². The molecule has 0 bridgehead atoms. The van der Waals surface area contributed by atoms with Crippen molar-refractivity contribution in [1.29, 1.82) is 0 Å². The van der Waals surface area contributed by atoms with Crippen LogP contribution in [0.2, 0.25) is 0 Å². The summed E-state index contributed by atoms with van der Waals surface area (Å²) < 4.78 is 13.2. The maximum absolute atomic E-state index is 13.2. The van der Waals surface area contributed by atoms with E-state index in [1.54, 1.807) is 17.0 Å². The fourth-order valence-electron chi connectivity index (χ4n) is 2.14. The summed E-state index contributed by atoms with van der Waals surface area (Å²) in [6.07, 6.45) is 0. The molecule has 1 aliphatic rings. The van der Waals surface area contributed by atoms with Gasteiger partial charge in [0.2, 0.25) is 5.91 Å². The van der Waals surface area contributed by atoms with Crippen LogP contribution in [0.1, 0.15) is 0 Å². The van der Waals surface area contributed by atoms with E-state index in [2.05, 4.69) is 5.32 Å². The molecule has 2 rings (SSSR count). The first-order chi connectivity index (χ1) is 8.58. The number of benzene rings is 1.